The molecule has 0 aromatic heterocycles. The minimum absolute atomic E-state index is 0.259. The first-order valence-corrected chi connectivity index (χ1v) is 4.70. The number of nitrogens with zero attached hydrogens (tertiary/aromatic N) is 1. The normalized spacial score (nSPS) is 28.6. The fraction of sp³-hybridized carbons (Fsp3) is 0.600. The highest BCUT2D eigenvalue weighted by molar-refractivity contribution is 5.28. The second kappa shape index (κ2) is 3.83. The highest BCUT2D eigenvalue weighted by Gasteiger charge is 2.26. The summed E-state index contributed by atoms with van der Waals surface area (Å²) in [5, 5.41) is 0. The van der Waals surface area contributed by atoms with Crippen molar-refractivity contribution in [3.63, 3.8) is 0 Å². The van der Waals surface area contributed by atoms with Crippen molar-refractivity contribution < 1.29 is 0 Å². The lowest BCUT2D eigenvalue weighted by Gasteiger charge is -2.34. The molecule has 1 aliphatic carbocycles. The first-order valence-electron chi connectivity index (χ1n) is 4.70. The van der Waals surface area contributed by atoms with Crippen molar-refractivity contribution in [3.05, 3.63) is 23.5 Å². The summed E-state index contributed by atoms with van der Waals surface area (Å²) in [6.07, 6.45) is 3.81. The number of rotatable bonds is 2. The van der Waals surface area contributed by atoms with Gasteiger partial charge in [-0.2, -0.15) is 0 Å². The standard InChI is InChI=1S/C10H19N3/c1-4-13(3)10-7(2)8(11)5-6-9(10)12/h5-7,10H,4,11-12H2,1-3H3. The molecule has 0 bridgehead atoms. The second-order valence-electron chi connectivity index (χ2n) is 3.64. The average molecular weight is 181 g/mol. The van der Waals surface area contributed by atoms with Gasteiger partial charge in [-0.05, 0) is 25.7 Å². The molecule has 1 rings (SSSR count). The summed E-state index contributed by atoms with van der Waals surface area (Å²) < 4.78 is 0. The molecule has 0 fully saturated rings. The first kappa shape index (κ1) is 10.1. The molecule has 0 amide bonds. The van der Waals surface area contributed by atoms with Crippen LogP contribution in [0.15, 0.2) is 23.5 Å². The summed E-state index contributed by atoms with van der Waals surface area (Å²) >= 11 is 0. The van der Waals surface area contributed by atoms with Gasteiger partial charge in [0.05, 0.1) is 6.04 Å². The number of hydrogen-bond acceptors (Lipinski definition) is 3. The van der Waals surface area contributed by atoms with E-state index in [1.165, 1.54) is 0 Å². The third-order valence-corrected chi connectivity index (χ3v) is 2.78. The van der Waals surface area contributed by atoms with Crippen molar-refractivity contribution in [2.75, 3.05) is 13.6 Å². The summed E-state index contributed by atoms with van der Waals surface area (Å²) in [5.74, 6) is 0.315. The molecule has 3 nitrogen and oxygen atoms in total. The van der Waals surface area contributed by atoms with Crippen LogP contribution in [0.25, 0.3) is 0 Å². The Morgan fingerprint density at radius 1 is 1.31 bits per heavy atom. The van der Waals surface area contributed by atoms with E-state index in [2.05, 4.69) is 25.8 Å². The van der Waals surface area contributed by atoms with Crippen LogP contribution in [0.3, 0.4) is 0 Å². The minimum Gasteiger partial charge on any atom is -0.402 e. The quantitative estimate of drug-likeness (QED) is 0.657. The first-order chi connectivity index (χ1) is 6.07. The van der Waals surface area contributed by atoms with Crippen LogP contribution >= 0.6 is 0 Å². The fourth-order valence-corrected chi connectivity index (χ4v) is 1.75. The maximum absolute atomic E-state index is 5.93. The van der Waals surface area contributed by atoms with Crippen LogP contribution in [0, 0.1) is 5.92 Å². The summed E-state index contributed by atoms with van der Waals surface area (Å²) in [7, 11) is 2.07. The lowest BCUT2D eigenvalue weighted by molar-refractivity contribution is 0.235. The molecule has 1 aliphatic rings. The molecule has 2 atom stereocenters. The monoisotopic (exact) mass is 181 g/mol. The smallest absolute Gasteiger partial charge is 0.0570 e. The maximum atomic E-state index is 5.93. The Kier molecular flexibility index (Phi) is 2.98. The molecule has 0 heterocycles. The van der Waals surface area contributed by atoms with Crippen molar-refractivity contribution >= 4 is 0 Å². The molecule has 0 aliphatic heterocycles. The van der Waals surface area contributed by atoms with Crippen molar-refractivity contribution in [1.82, 2.24) is 4.90 Å². The van der Waals surface area contributed by atoms with Crippen LogP contribution in [-0.2, 0) is 0 Å². The molecule has 13 heavy (non-hydrogen) atoms. The van der Waals surface area contributed by atoms with Crippen LogP contribution < -0.4 is 11.5 Å². The van der Waals surface area contributed by atoms with Gasteiger partial charge in [-0.25, -0.2) is 0 Å². The highest BCUT2D eigenvalue weighted by atomic mass is 15.1. The van der Waals surface area contributed by atoms with Gasteiger partial charge in [-0.1, -0.05) is 13.8 Å². The number of likely N-dealkylation sites (N-methyl/N-ethyl adjacent to an activating group) is 1. The Balaban J connectivity index is 2.86. The molecule has 0 saturated carbocycles. The Labute approximate surface area is 80.1 Å². The molecular weight excluding hydrogens is 162 g/mol. The molecular formula is C10H19N3. The van der Waals surface area contributed by atoms with E-state index in [0.717, 1.165) is 17.9 Å². The summed E-state index contributed by atoms with van der Waals surface area (Å²) in [6, 6.07) is 0.259. The van der Waals surface area contributed by atoms with Gasteiger partial charge in [0.15, 0.2) is 0 Å². The highest BCUT2D eigenvalue weighted by Crippen LogP contribution is 2.23. The van der Waals surface area contributed by atoms with E-state index < -0.39 is 0 Å². The van der Waals surface area contributed by atoms with Crippen LogP contribution in [0.5, 0.6) is 0 Å². The van der Waals surface area contributed by atoms with Gasteiger partial charge in [0.2, 0.25) is 0 Å². The van der Waals surface area contributed by atoms with Gasteiger partial charge in [0, 0.05) is 17.3 Å². The second-order valence-corrected chi connectivity index (χ2v) is 3.64. The molecule has 0 aromatic carbocycles. The Bertz CT molecular complexity index is 243. The molecule has 4 N–H and O–H groups in total. The van der Waals surface area contributed by atoms with Crippen molar-refractivity contribution in [2.24, 2.45) is 17.4 Å². The molecule has 0 aromatic rings. The van der Waals surface area contributed by atoms with E-state index in [-0.39, 0.29) is 6.04 Å². The SMILES string of the molecule is CCN(C)C1C(N)=CC=C(N)C1C. The van der Waals surface area contributed by atoms with Gasteiger partial charge in [-0.15, -0.1) is 0 Å². The molecule has 0 saturated heterocycles. The minimum atomic E-state index is 0.259. The third kappa shape index (κ3) is 1.86. The fourth-order valence-electron chi connectivity index (χ4n) is 1.75. The lowest BCUT2D eigenvalue weighted by atomic mass is 9.90. The lowest BCUT2D eigenvalue weighted by Crippen LogP contribution is -2.43. The number of nitrogens with two attached hydrogens (primary N) is 2. The van der Waals surface area contributed by atoms with Gasteiger partial charge in [0.1, 0.15) is 0 Å². The number of allylic oxidation sites excluding steroid dienone is 2. The largest absolute Gasteiger partial charge is 0.402 e. The van der Waals surface area contributed by atoms with Crippen molar-refractivity contribution in [2.45, 2.75) is 19.9 Å². The van der Waals surface area contributed by atoms with Crippen LogP contribution in [0.2, 0.25) is 0 Å². The topological polar surface area (TPSA) is 55.3 Å². The van der Waals surface area contributed by atoms with E-state index in [4.69, 9.17) is 11.5 Å². The van der Waals surface area contributed by atoms with E-state index in [0.29, 0.717) is 5.92 Å². The van der Waals surface area contributed by atoms with Crippen LogP contribution in [0.4, 0.5) is 0 Å². The molecule has 2 unspecified atom stereocenters. The zero-order valence-electron chi connectivity index (χ0n) is 8.62. The predicted molar refractivity (Wildman–Crippen MR) is 55.8 cm³/mol. The number of hydrogen-bond donors (Lipinski definition) is 2. The van der Waals surface area contributed by atoms with Crippen molar-refractivity contribution in [1.29, 1.82) is 0 Å². The van der Waals surface area contributed by atoms with Gasteiger partial charge >= 0.3 is 0 Å². The molecule has 3 heteroatoms. The Morgan fingerprint density at radius 3 is 2.38 bits per heavy atom. The Hall–Kier alpha value is -0.960. The summed E-state index contributed by atoms with van der Waals surface area (Å²) in [5.41, 5.74) is 13.6. The zero-order valence-corrected chi connectivity index (χ0v) is 8.62. The van der Waals surface area contributed by atoms with Crippen LogP contribution in [0.1, 0.15) is 13.8 Å². The van der Waals surface area contributed by atoms with Crippen molar-refractivity contribution in [3.8, 4) is 0 Å². The van der Waals surface area contributed by atoms with Crippen LogP contribution in [-0.4, -0.2) is 24.5 Å². The third-order valence-electron chi connectivity index (χ3n) is 2.78. The predicted octanol–water partition coefficient (Wildman–Crippen LogP) is 0.642. The Morgan fingerprint density at radius 2 is 1.85 bits per heavy atom. The van der Waals surface area contributed by atoms with E-state index in [1.807, 2.05) is 12.2 Å². The van der Waals surface area contributed by atoms with Gasteiger partial charge in [0.25, 0.3) is 0 Å². The maximum Gasteiger partial charge on any atom is 0.0570 e. The zero-order chi connectivity index (χ0) is 10.0. The summed E-state index contributed by atoms with van der Waals surface area (Å²) in [4.78, 5) is 2.22. The average Bonchev–Trinajstić information content (AvgIpc) is 2.12. The molecule has 74 valence electrons. The van der Waals surface area contributed by atoms with E-state index >= 15 is 0 Å². The van der Waals surface area contributed by atoms with Gasteiger partial charge < -0.3 is 11.5 Å². The molecule has 0 spiro atoms. The van der Waals surface area contributed by atoms with Gasteiger partial charge in [-0.3, -0.25) is 4.90 Å². The van der Waals surface area contributed by atoms with E-state index in [9.17, 15) is 0 Å². The summed E-state index contributed by atoms with van der Waals surface area (Å²) in [6.45, 7) is 5.22. The molecule has 0 radical (unpaired) electrons. The van der Waals surface area contributed by atoms with E-state index in [1.54, 1.807) is 0 Å².